The molecule has 1 saturated carbocycles. The van der Waals surface area contributed by atoms with Crippen molar-refractivity contribution in [2.24, 2.45) is 10.7 Å². The Balaban J connectivity index is 1.11. The maximum atomic E-state index is 13.1. The number of likely N-dealkylation sites (tertiary alicyclic amines) is 1. The lowest BCUT2D eigenvalue weighted by Crippen LogP contribution is -2.33. The van der Waals surface area contributed by atoms with Crippen molar-refractivity contribution >= 4 is 40.1 Å². The van der Waals surface area contributed by atoms with Gasteiger partial charge in [0.2, 0.25) is 5.91 Å². The highest BCUT2D eigenvalue weighted by Gasteiger charge is 2.27. The molecule has 2 fully saturated rings. The summed E-state index contributed by atoms with van der Waals surface area (Å²) >= 11 is 0. The van der Waals surface area contributed by atoms with Crippen LogP contribution in [0.2, 0.25) is 0 Å². The van der Waals surface area contributed by atoms with Crippen molar-refractivity contribution in [2.75, 3.05) is 37.3 Å². The number of aromatic nitrogens is 5. The van der Waals surface area contributed by atoms with Crippen molar-refractivity contribution < 1.29 is 9.53 Å². The molecule has 1 aliphatic heterocycles. The Morgan fingerprint density at radius 1 is 1.23 bits per heavy atom. The van der Waals surface area contributed by atoms with Gasteiger partial charge in [-0.3, -0.25) is 9.69 Å². The molecule has 1 aromatic carbocycles. The molecule has 0 radical (unpaired) electrons. The fourth-order valence-electron chi connectivity index (χ4n) is 5.15. The first-order valence-corrected chi connectivity index (χ1v) is 14.8. The molecule has 6 rings (SSSR count). The maximum absolute atomic E-state index is 13.1. The van der Waals surface area contributed by atoms with E-state index in [1.54, 1.807) is 18.5 Å². The lowest BCUT2D eigenvalue weighted by Gasteiger charge is -2.16. The first-order valence-electron chi connectivity index (χ1n) is 14.8. The molecule has 3 aromatic heterocycles. The Morgan fingerprint density at radius 3 is 2.91 bits per heavy atom. The number of para-hydroxylation sites is 1. The van der Waals surface area contributed by atoms with Gasteiger partial charge >= 0.3 is 6.01 Å². The van der Waals surface area contributed by atoms with Gasteiger partial charge in [-0.2, -0.15) is 9.98 Å². The molecule has 1 atom stereocenters. The van der Waals surface area contributed by atoms with Gasteiger partial charge in [0, 0.05) is 61.4 Å². The molecular formula is C31H37N11O2. The molecule has 4 aromatic rings. The minimum Gasteiger partial charge on any atom is -0.459 e. The zero-order valence-electron chi connectivity index (χ0n) is 25.1. The lowest BCUT2D eigenvalue weighted by molar-refractivity contribution is -0.117. The van der Waals surface area contributed by atoms with Crippen LogP contribution >= 0.6 is 0 Å². The third-order valence-corrected chi connectivity index (χ3v) is 7.62. The lowest BCUT2D eigenvalue weighted by atomic mass is 10.1. The van der Waals surface area contributed by atoms with Gasteiger partial charge in [0.1, 0.15) is 17.8 Å². The number of aromatic amines is 1. The molecule has 6 N–H and O–H groups in total. The summed E-state index contributed by atoms with van der Waals surface area (Å²) in [5, 5.41) is 10.4. The standard InChI is InChI=1S/C31H37N11O2/c1-18-14-36-30(39-25(32)13-19(2)33-3)41-28(18)23-15-35-29-22(23)5-4-6-24(29)38-27(43)17-42-12-10-21(16-42)44-31-34-11-9-26(40-31)37-20-7-8-20/h4-6,9,11,13-15,20-21,33,35H,7-8,10,12,16-17H2,1-3H3,(H,38,43)(H,34,37,40)(H2,32,36,39,41)/b19-13-/t21-/m0/s1. The Bertz CT molecular complexity index is 1730. The summed E-state index contributed by atoms with van der Waals surface area (Å²) in [4.78, 5) is 40.6. The van der Waals surface area contributed by atoms with Crippen molar-refractivity contribution in [2.45, 2.75) is 45.3 Å². The second-order valence-electron chi connectivity index (χ2n) is 11.2. The van der Waals surface area contributed by atoms with Crippen LogP contribution in [0.1, 0.15) is 31.7 Å². The molecular weight excluding hydrogens is 558 g/mol. The predicted molar refractivity (Wildman–Crippen MR) is 171 cm³/mol. The molecule has 1 saturated heterocycles. The number of benzene rings is 1. The molecule has 1 amide bonds. The molecule has 4 heterocycles. The average molecular weight is 596 g/mol. The van der Waals surface area contributed by atoms with E-state index in [1.165, 1.54) is 12.8 Å². The molecule has 2 aliphatic rings. The highest BCUT2D eigenvalue weighted by atomic mass is 16.5. The van der Waals surface area contributed by atoms with Crippen molar-refractivity contribution in [3.05, 3.63) is 60.2 Å². The Hall–Kier alpha value is -5.04. The first-order chi connectivity index (χ1) is 21.3. The van der Waals surface area contributed by atoms with Gasteiger partial charge in [0.15, 0.2) is 0 Å². The van der Waals surface area contributed by atoms with E-state index in [0.717, 1.165) is 52.2 Å². The molecule has 0 spiro atoms. The molecule has 0 bridgehead atoms. The van der Waals surface area contributed by atoms with E-state index in [9.17, 15) is 4.79 Å². The van der Waals surface area contributed by atoms with Crippen molar-refractivity contribution in [1.82, 2.24) is 35.1 Å². The van der Waals surface area contributed by atoms with Crippen LogP contribution in [0.4, 0.5) is 17.5 Å². The molecule has 0 unspecified atom stereocenters. The second kappa shape index (κ2) is 12.7. The number of hydrogen-bond acceptors (Lipinski definition) is 10. The fourth-order valence-corrected chi connectivity index (χ4v) is 5.15. The predicted octanol–water partition coefficient (Wildman–Crippen LogP) is 3.50. The molecule has 44 heavy (non-hydrogen) atoms. The third-order valence-electron chi connectivity index (χ3n) is 7.62. The zero-order valence-corrected chi connectivity index (χ0v) is 25.1. The first kappa shape index (κ1) is 29.1. The topological polar surface area (TPSA) is 171 Å². The van der Waals surface area contributed by atoms with E-state index in [2.05, 4.69) is 50.8 Å². The van der Waals surface area contributed by atoms with Crippen LogP contribution in [-0.4, -0.2) is 80.4 Å². The normalized spacial score (nSPS) is 17.6. The van der Waals surface area contributed by atoms with Gasteiger partial charge in [-0.15, -0.1) is 0 Å². The summed E-state index contributed by atoms with van der Waals surface area (Å²) < 4.78 is 6.04. The monoisotopic (exact) mass is 595 g/mol. The van der Waals surface area contributed by atoms with Gasteiger partial charge in [-0.05, 0) is 56.9 Å². The summed E-state index contributed by atoms with van der Waals surface area (Å²) in [6, 6.07) is 8.52. The summed E-state index contributed by atoms with van der Waals surface area (Å²) in [5.41, 5.74) is 10.9. The summed E-state index contributed by atoms with van der Waals surface area (Å²) in [6.07, 6.45) is 10.1. The third kappa shape index (κ3) is 6.94. The van der Waals surface area contributed by atoms with E-state index in [-0.39, 0.29) is 24.5 Å². The number of H-pyrrole nitrogens is 1. The minimum absolute atomic E-state index is 0.0718. The van der Waals surface area contributed by atoms with Crippen LogP contribution in [0.5, 0.6) is 6.01 Å². The summed E-state index contributed by atoms with van der Waals surface area (Å²) in [7, 11) is 1.81. The number of rotatable bonds is 11. The highest BCUT2D eigenvalue weighted by molar-refractivity contribution is 6.06. The van der Waals surface area contributed by atoms with Crippen LogP contribution in [0.25, 0.3) is 22.2 Å². The van der Waals surface area contributed by atoms with E-state index in [1.807, 2.05) is 51.4 Å². The van der Waals surface area contributed by atoms with E-state index < -0.39 is 0 Å². The SMILES string of the molecule is CN/C(C)=C\C(N)=N/c1ncc(C)c(-c2c[nH]c3c(NC(=O)CN4CC[C@H](Oc5nccc(NC6CC6)n5)C4)cccc23)n1. The van der Waals surface area contributed by atoms with Crippen LogP contribution in [0.3, 0.4) is 0 Å². The van der Waals surface area contributed by atoms with Crippen molar-refractivity contribution in [1.29, 1.82) is 0 Å². The quantitative estimate of drug-likeness (QED) is 0.128. The number of nitrogens with one attached hydrogen (secondary N) is 4. The van der Waals surface area contributed by atoms with E-state index in [0.29, 0.717) is 30.1 Å². The van der Waals surface area contributed by atoms with Gasteiger partial charge in [0.05, 0.1) is 23.4 Å². The number of amidine groups is 1. The number of carbonyl (C=O) groups excluding carboxylic acids is 1. The van der Waals surface area contributed by atoms with Gasteiger partial charge in [0.25, 0.3) is 5.95 Å². The molecule has 1 aliphatic carbocycles. The van der Waals surface area contributed by atoms with Crippen LogP contribution in [0.15, 0.2) is 59.6 Å². The molecule has 13 heteroatoms. The highest BCUT2D eigenvalue weighted by Crippen LogP contribution is 2.33. The maximum Gasteiger partial charge on any atom is 0.318 e. The average Bonchev–Trinajstić information content (AvgIpc) is 3.53. The van der Waals surface area contributed by atoms with Crippen LogP contribution < -0.4 is 26.4 Å². The largest absolute Gasteiger partial charge is 0.459 e. The number of allylic oxidation sites excluding steroid dienone is 1. The fraction of sp³-hybridized carbons (Fsp3) is 0.355. The van der Waals surface area contributed by atoms with Crippen LogP contribution in [0, 0.1) is 6.92 Å². The number of carbonyl (C=O) groups is 1. The second-order valence-corrected chi connectivity index (χ2v) is 11.2. The smallest absolute Gasteiger partial charge is 0.318 e. The van der Waals surface area contributed by atoms with E-state index in [4.69, 9.17) is 10.5 Å². The zero-order chi connectivity index (χ0) is 30.6. The minimum atomic E-state index is -0.101. The van der Waals surface area contributed by atoms with Gasteiger partial charge in [-0.1, -0.05) is 12.1 Å². The number of ether oxygens (including phenoxy) is 1. The van der Waals surface area contributed by atoms with E-state index >= 15 is 0 Å². The van der Waals surface area contributed by atoms with Crippen molar-refractivity contribution in [3.63, 3.8) is 0 Å². The number of nitrogens with two attached hydrogens (primary N) is 1. The summed E-state index contributed by atoms with van der Waals surface area (Å²) in [5.74, 6) is 1.25. The molecule has 228 valence electrons. The number of amides is 1. The Kier molecular flexibility index (Phi) is 8.37. The Morgan fingerprint density at radius 2 is 2.09 bits per heavy atom. The number of anilines is 2. The number of aryl methyl sites for hydroxylation is 1. The van der Waals surface area contributed by atoms with Crippen LogP contribution in [-0.2, 0) is 4.79 Å². The van der Waals surface area contributed by atoms with Gasteiger partial charge in [-0.25, -0.2) is 15.0 Å². The number of aliphatic imine (C=N–C) groups is 1. The number of fused-ring (bicyclic) bond motifs is 1. The number of nitrogens with zero attached hydrogens (tertiary/aromatic N) is 6. The Labute approximate surface area is 255 Å². The van der Waals surface area contributed by atoms with Gasteiger partial charge < -0.3 is 31.4 Å². The molecule has 13 nitrogen and oxygen atoms in total. The summed E-state index contributed by atoms with van der Waals surface area (Å²) in [6.45, 7) is 5.47. The number of hydrogen-bond donors (Lipinski definition) is 5. The van der Waals surface area contributed by atoms with Crippen molar-refractivity contribution in [3.8, 4) is 17.3 Å².